The molecule has 0 aliphatic rings. The van der Waals surface area contributed by atoms with Gasteiger partial charge in [0.2, 0.25) is 0 Å². The van der Waals surface area contributed by atoms with Gasteiger partial charge in [-0.05, 0) is 30.3 Å². The SMILES string of the molecule is O=[N+]([O-])c1ccccc1-c1ccc(-c2cc(F)cc(F)c2)[nH]1. The molecule has 0 unspecified atom stereocenters. The summed E-state index contributed by atoms with van der Waals surface area (Å²) in [7, 11) is 0. The Morgan fingerprint density at radius 2 is 1.55 bits per heavy atom. The Hall–Kier alpha value is -3.02. The zero-order valence-electron chi connectivity index (χ0n) is 11.2. The molecule has 0 spiro atoms. The van der Waals surface area contributed by atoms with E-state index in [2.05, 4.69) is 4.98 Å². The standard InChI is InChI=1S/C16H10F2N2O2/c17-11-7-10(8-12(18)9-11)14-5-6-15(19-14)13-3-1-2-4-16(13)20(21)22/h1-9,19H. The van der Waals surface area contributed by atoms with Gasteiger partial charge in [0.05, 0.1) is 16.2 Å². The largest absolute Gasteiger partial charge is 0.354 e. The first kappa shape index (κ1) is 13.9. The number of nitro groups is 1. The number of aromatic amines is 1. The molecular weight excluding hydrogens is 290 g/mol. The van der Waals surface area contributed by atoms with Crippen molar-refractivity contribution in [1.82, 2.24) is 4.98 Å². The topological polar surface area (TPSA) is 58.9 Å². The number of aromatic nitrogens is 1. The maximum absolute atomic E-state index is 13.3. The second-order valence-electron chi connectivity index (χ2n) is 4.72. The van der Waals surface area contributed by atoms with E-state index in [1.165, 1.54) is 18.2 Å². The normalized spacial score (nSPS) is 10.6. The molecular formula is C16H10F2N2O2. The van der Waals surface area contributed by atoms with Crippen molar-refractivity contribution in [2.24, 2.45) is 0 Å². The van der Waals surface area contributed by atoms with Crippen LogP contribution in [0.2, 0.25) is 0 Å². The molecule has 110 valence electrons. The summed E-state index contributed by atoms with van der Waals surface area (Å²) >= 11 is 0. The fourth-order valence-electron chi connectivity index (χ4n) is 2.29. The van der Waals surface area contributed by atoms with Gasteiger partial charge in [0.1, 0.15) is 11.6 Å². The minimum absolute atomic E-state index is 0.0404. The van der Waals surface area contributed by atoms with Gasteiger partial charge in [0, 0.05) is 23.4 Å². The molecule has 0 radical (unpaired) electrons. The molecule has 6 heteroatoms. The van der Waals surface area contributed by atoms with Crippen molar-refractivity contribution in [3.05, 3.63) is 76.3 Å². The Morgan fingerprint density at radius 3 is 2.23 bits per heavy atom. The Labute approximate surface area is 124 Å². The summed E-state index contributed by atoms with van der Waals surface area (Å²) in [6, 6.07) is 12.7. The molecule has 0 aliphatic carbocycles. The smallest absolute Gasteiger partial charge is 0.278 e. The van der Waals surface area contributed by atoms with Crippen LogP contribution in [0.3, 0.4) is 0 Å². The Morgan fingerprint density at radius 1 is 0.909 bits per heavy atom. The van der Waals surface area contributed by atoms with Gasteiger partial charge in [-0.2, -0.15) is 0 Å². The molecule has 0 amide bonds. The van der Waals surface area contributed by atoms with Crippen LogP contribution in [0.1, 0.15) is 0 Å². The first-order chi connectivity index (χ1) is 10.5. The van der Waals surface area contributed by atoms with Crippen LogP contribution in [-0.4, -0.2) is 9.91 Å². The van der Waals surface area contributed by atoms with Crippen molar-refractivity contribution in [3.63, 3.8) is 0 Å². The van der Waals surface area contributed by atoms with E-state index in [0.717, 1.165) is 6.07 Å². The van der Waals surface area contributed by atoms with Crippen molar-refractivity contribution < 1.29 is 13.7 Å². The second kappa shape index (κ2) is 5.40. The zero-order valence-corrected chi connectivity index (χ0v) is 11.2. The minimum atomic E-state index is -0.683. The van der Waals surface area contributed by atoms with Crippen LogP contribution in [0, 0.1) is 21.7 Å². The third kappa shape index (κ3) is 2.58. The number of rotatable bonds is 3. The van der Waals surface area contributed by atoms with E-state index < -0.39 is 16.6 Å². The lowest BCUT2D eigenvalue weighted by molar-refractivity contribution is -0.384. The number of benzene rings is 2. The highest BCUT2D eigenvalue weighted by Crippen LogP contribution is 2.31. The molecule has 1 heterocycles. The minimum Gasteiger partial charge on any atom is -0.354 e. The number of halogens is 2. The van der Waals surface area contributed by atoms with Gasteiger partial charge in [0.15, 0.2) is 0 Å². The van der Waals surface area contributed by atoms with Crippen LogP contribution in [0.25, 0.3) is 22.5 Å². The van der Waals surface area contributed by atoms with Crippen molar-refractivity contribution in [2.45, 2.75) is 0 Å². The molecule has 0 atom stereocenters. The van der Waals surface area contributed by atoms with Crippen LogP contribution in [-0.2, 0) is 0 Å². The molecule has 0 fully saturated rings. The van der Waals surface area contributed by atoms with Crippen molar-refractivity contribution in [2.75, 3.05) is 0 Å². The first-order valence-electron chi connectivity index (χ1n) is 6.44. The number of nitrogens with zero attached hydrogens (tertiary/aromatic N) is 1. The molecule has 1 aromatic heterocycles. The molecule has 0 bridgehead atoms. The number of para-hydroxylation sites is 1. The number of hydrogen-bond acceptors (Lipinski definition) is 2. The Balaban J connectivity index is 2.06. The molecule has 0 saturated carbocycles. The number of hydrogen-bond donors (Lipinski definition) is 1. The summed E-state index contributed by atoms with van der Waals surface area (Å²) in [5.74, 6) is -1.37. The van der Waals surface area contributed by atoms with Gasteiger partial charge < -0.3 is 4.98 Å². The fraction of sp³-hybridized carbons (Fsp3) is 0. The van der Waals surface area contributed by atoms with Gasteiger partial charge in [0.25, 0.3) is 5.69 Å². The zero-order chi connectivity index (χ0) is 15.7. The second-order valence-corrected chi connectivity index (χ2v) is 4.72. The van der Waals surface area contributed by atoms with Crippen molar-refractivity contribution >= 4 is 5.69 Å². The van der Waals surface area contributed by atoms with Crippen LogP contribution < -0.4 is 0 Å². The monoisotopic (exact) mass is 300 g/mol. The number of nitrogens with one attached hydrogen (secondary N) is 1. The van der Waals surface area contributed by atoms with Crippen LogP contribution in [0.15, 0.2) is 54.6 Å². The van der Waals surface area contributed by atoms with E-state index >= 15 is 0 Å². The van der Waals surface area contributed by atoms with Crippen molar-refractivity contribution in [1.29, 1.82) is 0 Å². The van der Waals surface area contributed by atoms with E-state index in [-0.39, 0.29) is 5.69 Å². The predicted molar refractivity (Wildman–Crippen MR) is 78.2 cm³/mol. The Bertz CT molecular complexity index is 839. The summed E-state index contributed by atoms with van der Waals surface area (Å²) in [6.07, 6.45) is 0. The Kier molecular flexibility index (Phi) is 3.42. The lowest BCUT2D eigenvalue weighted by Gasteiger charge is -2.02. The molecule has 1 N–H and O–H groups in total. The van der Waals surface area contributed by atoms with Gasteiger partial charge in [-0.1, -0.05) is 12.1 Å². The van der Waals surface area contributed by atoms with Crippen LogP contribution >= 0.6 is 0 Å². The number of H-pyrrole nitrogens is 1. The van der Waals surface area contributed by atoms with Crippen LogP contribution in [0.4, 0.5) is 14.5 Å². The molecule has 3 aromatic rings. The maximum Gasteiger partial charge on any atom is 0.278 e. The quantitative estimate of drug-likeness (QED) is 0.570. The first-order valence-corrected chi connectivity index (χ1v) is 6.44. The summed E-state index contributed by atoms with van der Waals surface area (Å²) in [5, 5.41) is 11.1. The highest BCUT2D eigenvalue weighted by Gasteiger charge is 2.16. The summed E-state index contributed by atoms with van der Waals surface area (Å²) in [6.45, 7) is 0. The summed E-state index contributed by atoms with van der Waals surface area (Å²) in [5.41, 5.74) is 1.69. The third-order valence-electron chi connectivity index (χ3n) is 3.25. The average Bonchev–Trinajstić information content (AvgIpc) is 2.96. The van der Waals surface area contributed by atoms with E-state index in [1.807, 2.05) is 0 Å². The lowest BCUT2D eigenvalue weighted by Crippen LogP contribution is -1.91. The maximum atomic E-state index is 13.3. The van der Waals surface area contributed by atoms with E-state index in [4.69, 9.17) is 0 Å². The average molecular weight is 300 g/mol. The molecule has 0 saturated heterocycles. The highest BCUT2D eigenvalue weighted by molar-refractivity contribution is 5.74. The molecule has 4 nitrogen and oxygen atoms in total. The fourth-order valence-corrected chi connectivity index (χ4v) is 2.29. The van der Waals surface area contributed by atoms with Gasteiger partial charge in [-0.25, -0.2) is 8.78 Å². The molecule has 22 heavy (non-hydrogen) atoms. The molecule has 3 rings (SSSR count). The predicted octanol–water partition coefficient (Wildman–Crippen LogP) is 4.54. The third-order valence-corrected chi connectivity index (χ3v) is 3.25. The summed E-state index contributed by atoms with van der Waals surface area (Å²) < 4.78 is 26.5. The van der Waals surface area contributed by atoms with Gasteiger partial charge in [-0.15, -0.1) is 0 Å². The van der Waals surface area contributed by atoms with E-state index in [9.17, 15) is 18.9 Å². The van der Waals surface area contributed by atoms with Crippen LogP contribution in [0.5, 0.6) is 0 Å². The van der Waals surface area contributed by atoms with Crippen molar-refractivity contribution in [3.8, 4) is 22.5 Å². The van der Waals surface area contributed by atoms with E-state index in [1.54, 1.807) is 30.3 Å². The van der Waals surface area contributed by atoms with Gasteiger partial charge >= 0.3 is 0 Å². The lowest BCUT2D eigenvalue weighted by atomic mass is 10.1. The molecule has 2 aromatic carbocycles. The highest BCUT2D eigenvalue weighted by atomic mass is 19.1. The number of nitro benzene ring substituents is 1. The summed E-state index contributed by atoms with van der Waals surface area (Å²) in [4.78, 5) is 13.5. The van der Waals surface area contributed by atoms with E-state index in [0.29, 0.717) is 22.5 Å². The molecule has 0 aliphatic heterocycles. The van der Waals surface area contributed by atoms with Gasteiger partial charge in [-0.3, -0.25) is 10.1 Å².